The Morgan fingerprint density at radius 3 is 2.17 bits per heavy atom. The minimum absolute atomic E-state index is 0.0972. The van der Waals surface area contributed by atoms with Crippen LogP contribution in [-0.2, 0) is 10.9 Å². The van der Waals surface area contributed by atoms with Gasteiger partial charge in [-0.15, -0.1) is 0 Å². The number of halogens is 3. The maximum atomic E-state index is 13.2. The molecular formula is C20H26F3N3O3. The molecule has 1 aromatic rings. The predicted molar refractivity (Wildman–Crippen MR) is 99.1 cm³/mol. The molecule has 1 aromatic heterocycles. The first-order chi connectivity index (χ1) is 13.0. The topological polar surface area (TPSA) is 84.2 Å². The van der Waals surface area contributed by atoms with Crippen molar-refractivity contribution in [1.29, 1.82) is 5.26 Å². The van der Waals surface area contributed by atoms with Crippen LogP contribution in [0.1, 0.15) is 59.7 Å². The summed E-state index contributed by atoms with van der Waals surface area (Å²) in [6.45, 7) is 12.8. The van der Waals surface area contributed by atoms with Gasteiger partial charge in [-0.2, -0.15) is 18.4 Å². The summed E-state index contributed by atoms with van der Waals surface area (Å²) < 4.78 is 51.0. The van der Waals surface area contributed by atoms with E-state index in [4.69, 9.17) is 14.7 Å². The fourth-order valence-corrected chi connectivity index (χ4v) is 4.10. The summed E-state index contributed by atoms with van der Waals surface area (Å²) in [4.78, 5) is 15.8. The Hall–Kier alpha value is -2.50. The SMILES string of the molecule is CC(C)(C)NC(=O)OC1C(C)(C)C(Oc2cnc(C#N)c(C(F)(F)F)c2)C1(C)C. The van der Waals surface area contributed by atoms with Crippen molar-refractivity contribution in [3.63, 3.8) is 0 Å². The molecule has 1 aliphatic carbocycles. The van der Waals surface area contributed by atoms with Crippen LogP contribution in [0.15, 0.2) is 12.3 Å². The van der Waals surface area contributed by atoms with Crippen molar-refractivity contribution in [1.82, 2.24) is 10.3 Å². The molecule has 29 heavy (non-hydrogen) atoms. The molecule has 1 aliphatic rings. The molecule has 6 nitrogen and oxygen atoms in total. The number of aromatic nitrogens is 1. The van der Waals surface area contributed by atoms with Gasteiger partial charge in [-0.05, 0) is 26.8 Å². The smallest absolute Gasteiger partial charge is 0.419 e. The Morgan fingerprint density at radius 2 is 1.72 bits per heavy atom. The summed E-state index contributed by atoms with van der Waals surface area (Å²) in [5.41, 5.74) is -3.65. The fourth-order valence-electron chi connectivity index (χ4n) is 4.10. The van der Waals surface area contributed by atoms with Crippen molar-refractivity contribution in [3.05, 3.63) is 23.5 Å². The van der Waals surface area contributed by atoms with Gasteiger partial charge in [-0.25, -0.2) is 9.78 Å². The van der Waals surface area contributed by atoms with Gasteiger partial charge in [-0.3, -0.25) is 0 Å². The molecule has 1 N–H and O–H groups in total. The Morgan fingerprint density at radius 1 is 1.17 bits per heavy atom. The zero-order valence-corrected chi connectivity index (χ0v) is 17.6. The van der Waals surface area contributed by atoms with Crippen molar-refractivity contribution in [3.8, 4) is 11.8 Å². The molecule has 1 amide bonds. The minimum atomic E-state index is -4.72. The van der Waals surface area contributed by atoms with Crippen LogP contribution in [-0.4, -0.2) is 28.8 Å². The van der Waals surface area contributed by atoms with Gasteiger partial charge in [0.15, 0.2) is 5.69 Å². The highest BCUT2D eigenvalue weighted by Gasteiger charge is 2.66. The third-order valence-corrected chi connectivity index (χ3v) is 4.93. The Kier molecular flexibility index (Phi) is 5.56. The van der Waals surface area contributed by atoms with E-state index in [1.165, 1.54) is 6.07 Å². The lowest BCUT2D eigenvalue weighted by molar-refractivity contribution is -0.235. The van der Waals surface area contributed by atoms with Crippen molar-refractivity contribution in [2.24, 2.45) is 10.8 Å². The highest BCUT2D eigenvalue weighted by atomic mass is 19.4. The quantitative estimate of drug-likeness (QED) is 0.778. The van der Waals surface area contributed by atoms with E-state index in [1.807, 2.05) is 48.5 Å². The molecule has 9 heteroatoms. The second kappa shape index (κ2) is 7.08. The van der Waals surface area contributed by atoms with Crippen molar-refractivity contribution in [2.75, 3.05) is 0 Å². The van der Waals surface area contributed by atoms with Crippen LogP contribution in [0.4, 0.5) is 18.0 Å². The molecule has 0 aliphatic heterocycles. The van der Waals surface area contributed by atoms with Gasteiger partial charge in [0.1, 0.15) is 24.0 Å². The van der Waals surface area contributed by atoms with E-state index in [0.717, 1.165) is 12.3 Å². The van der Waals surface area contributed by atoms with Crippen LogP contribution in [0, 0.1) is 22.2 Å². The monoisotopic (exact) mass is 413 g/mol. The molecule has 0 spiro atoms. The van der Waals surface area contributed by atoms with E-state index in [-0.39, 0.29) is 5.75 Å². The van der Waals surface area contributed by atoms with Crippen molar-refractivity contribution >= 4 is 6.09 Å². The summed E-state index contributed by atoms with van der Waals surface area (Å²) in [6, 6.07) is 2.22. The van der Waals surface area contributed by atoms with E-state index in [0.29, 0.717) is 0 Å². The summed E-state index contributed by atoms with van der Waals surface area (Å²) in [5, 5.41) is 11.6. The van der Waals surface area contributed by atoms with Crippen LogP contribution in [0.25, 0.3) is 0 Å². The molecule has 160 valence electrons. The second-order valence-corrected chi connectivity index (χ2v) is 9.48. The zero-order chi connectivity index (χ0) is 22.4. The Labute approximate surface area is 168 Å². The zero-order valence-electron chi connectivity index (χ0n) is 17.6. The number of hydrogen-bond donors (Lipinski definition) is 1. The van der Waals surface area contributed by atoms with E-state index in [2.05, 4.69) is 10.3 Å². The second-order valence-electron chi connectivity index (χ2n) is 9.48. The molecule has 0 saturated heterocycles. The van der Waals surface area contributed by atoms with Gasteiger partial charge < -0.3 is 14.8 Å². The number of carbonyl (C=O) groups excluding carboxylic acids is 1. The largest absolute Gasteiger partial charge is 0.487 e. The van der Waals surface area contributed by atoms with Gasteiger partial charge in [0.25, 0.3) is 0 Å². The summed E-state index contributed by atoms with van der Waals surface area (Å²) >= 11 is 0. The third-order valence-electron chi connectivity index (χ3n) is 4.93. The first-order valence-corrected chi connectivity index (χ1v) is 9.13. The van der Waals surface area contributed by atoms with Gasteiger partial charge in [-0.1, -0.05) is 27.7 Å². The number of nitrogens with one attached hydrogen (secondary N) is 1. The normalized spacial score (nSPS) is 22.8. The Bertz CT molecular complexity index is 820. The molecule has 1 heterocycles. The summed E-state index contributed by atoms with van der Waals surface area (Å²) in [5.74, 6) is -0.0972. The Balaban J connectivity index is 2.23. The maximum Gasteiger partial charge on any atom is 0.419 e. The molecule has 0 bridgehead atoms. The lowest BCUT2D eigenvalue weighted by atomic mass is 9.51. The number of alkyl carbamates (subject to hydrolysis) is 1. The number of ether oxygens (including phenoxy) is 2. The van der Waals surface area contributed by atoms with Gasteiger partial charge in [0.2, 0.25) is 0 Å². The minimum Gasteiger partial charge on any atom is -0.487 e. The van der Waals surface area contributed by atoms with Crippen LogP contribution >= 0.6 is 0 Å². The maximum absolute atomic E-state index is 13.2. The highest BCUT2D eigenvalue weighted by Crippen LogP contribution is 2.57. The number of nitriles is 1. The molecule has 0 atom stereocenters. The number of amides is 1. The first-order valence-electron chi connectivity index (χ1n) is 9.13. The number of hydrogen-bond acceptors (Lipinski definition) is 5. The van der Waals surface area contributed by atoms with Gasteiger partial charge >= 0.3 is 12.3 Å². The lowest BCUT2D eigenvalue weighted by Gasteiger charge is -2.61. The van der Waals surface area contributed by atoms with E-state index < -0.39 is 52.1 Å². The molecule has 0 radical (unpaired) electrons. The summed E-state index contributed by atoms with van der Waals surface area (Å²) in [7, 11) is 0. The van der Waals surface area contributed by atoms with E-state index >= 15 is 0 Å². The highest BCUT2D eigenvalue weighted by molar-refractivity contribution is 5.68. The molecule has 0 aromatic carbocycles. The number of pyridine rings is 1. The van der Waals surface area contributed by atoms with Gasteiger partial charge in [0.05, 0.1) is 11.8 Å². The van der Waals surface area contributed by atoms with Crippen LogP contribution in [0.2, 0.25) is 0 Å². The van der Waals surface area contributed by atoms with Crippen LogP contribution in [0.5, 0.6) is 5.75 Å². The van der Waals surface area contributed by atoms with Crippen molar-refractivity contribution < 1.29 is 27.4 Å². The van der Waals surface area contributed by atoms with E-state index in [1.54, 1.807) is 0 Å². The molecule has 2 rings (SSSR count). The lowest BCUT2D eigenvalue weighted by Crippen LogP contribution is -2.71. The number of nitrogens with zero attached hydrogens (tertiary/aromatic N) is 2. The average Bonchev–Trinajstić information content (AvgIpc) is 2.54. The molecule has 0 unspecified atom stereocenters. The molecule has 1 fully saturated rings. The fraction of sp³-hybridized carbons (Fsp3) is 0.650. The third kappa shape index (κ3) is 4.57. The van der Waals surface area contributed by atoms with Crippen LogP contribution < -0.4 is 10.1 Å². The molecule has 1 saturated carbocycles. The average molecular weight is 413 g/mol. The first kappa shape index (κ1) is 22.8. The van der Waals surface area contributed by atoms with Crippen molar-refractivity contribution in [2.45, 2.75) is 72.4 Å². The number of carbonyl (C=O) groups is 1. The standard InChI is InChI=1S/C20H26F3N3O3/c1-17(2,3)26-16(27)29-15-18(4,5)14(19(15,6)7)28-11-8-12(20(21,22)23)13(9-24)25-10-11/h8,10,14-15H,1-7H3,(H,26,27). The summed E-state index contributed by atoms with van der Waals surface area (Å²) in [6.07, 6.45) is -5.25. The van der Waals surface area contributed by atoms with E-state index in [9.17, 15) is 18.0 Å². The molecular weight excluding hydrogens is 387 g/mol. The number of rotatable bonds is 3. The van der Waals surface area contributed by atoms with Gasteiger partial charge in [0, 0.05) is 16.4 Å². The number of alkyl halides is 3. The van der Waals surface area contributed by atoms with Crippen LogP contribution in [0.3, 0.4) is 0 Å². The predicted octanol–water partition coefficient (Wildman–Crippen LogP) is 4.68.